The third-order valence-electron chi connectivity index (χ3n) is 5.83. The Labute approximate surface area is 159 Å². The quantitative estimate of drug-likeness (QED) is 0.849. The summed E-state index contributed by atoms with van der Waals surface area (Å²) in [6.45, 7) is 5.45. The van der Waals surface area contributed by atoms with Crippen LogP contribution in [-0.2, 0) is 11.3 Å². The van der Waals surface area contributed by atoms with E-state index in [2.05, 4.69) is 21.2 Å². The number of nitrogens with one attached hydrogen (secondary N) is 1. The molecule has 2 saturated heterocycles. The van der Waals surface area contributed by atoms with Gasteiger partial charge in [0.15, 0.2) is 0 Å². The Hall–Kier alpha value is -0.620. The normalized spacial score (nSPS) is 26.7. The Morgan fingerprint density at radius 1 is 1.16 bits per heavy atom. The average Bonchev–Trinajstić information content (AvgIpc) is 3.35. The minimum Gasteiger partial charge on any atom is -0.353 e. The molecule has 25 heavy (non-hydrogen) atoms. The molecule has 4 rings (SSSR count). The molecule has 0 radical (unpaired) electrons. The standard InChI is InChI=1S/C19H28ClN3OS/c20-18-6-5-17(25-18)13-22-10-7-16(8-11-22)23-9-1-2-14(12-23)19(24)21-15-3-4-15/h5-6,14-16H,1-4,7-13H2,(H,21,24). The van der Waals surface area contributed by atoms with Gasteiger partial charge in [-0.05, 0) is 57.2 Å². The number of nitrogens with zero attached hydrogens (tertiary/aromatic N) is 2. The predicted molar refractivity (Wildman–Crippen MR) is 103 cm³/mol. The van der Waals surface area contributed by atoms with E-state index in [9.17, 15) is 4.79 Å². The molecule has 3 fully saturated rings. The van der Waals surface area contributed by atoms with Crippen LogP contribution in [0.15, 0.2) is 12.1 Å². The zero-order chi connectivity index (χ0) is 17.2. The van der Waals surface area contributed by atoms with E-state index in [0.717, 1.165) is 43.4 Å². The summed E-state index contributed by atoms with van der Waals surface area (Å²) in [4.78, 5) is 18.9. The maximum Gasteiger partial charge on any atom is 0.224 e. The second-order valence-corrected chi connectivity index (χ2v) is 9.63. The summed E-state index contributed by atoms with van der Waals surface area (Å²) in [7, 11) is 0. The zero-order valence-corrected chi connectivity index (χ0v) is 16.3. The second-order valence-electron chi connectivity index (χ2n) is 7.83. The first kappa shape index (κ1) is 17.8. The molecule has 1 atom stereocenters. The molecular weight excluding hydrogens is 354 g/mol. The SMILES string of the molecule is O=C(NC1CC1)C1CCCN(C2CCN(Cc3ccc(Cl)s3)CC2)C1. The smallest absolute Gasteiger partial charge is 0.224 e. The topological polar surface area (TPSA) is 35.6 Å². The number of amides is 1. The Bertz CT molecular complexity index is 595. The lowest BCUT2D eigenvalue weighted by Gasteiger charge is -2.42. The number of halogens is 1. The number of hydrogen-bond acceptors (Lipinski definition) is 4. The number of piperidine rings is 2. The van der Waals surface area contributed by atoms with Crippen LogP contribution in [0.1, 0.15) is 43.4 Å². The Morgan fingerprint density at radius 2 is 1.96 bits per heavy atom. The van der Waals surface area contributed by atoms with Gasteiger partial charge in [-0.15, -0.1) is 11.3 Å². The number of hydrogen-bond donors (Lipinski definition) is 1. The zero-order valence-electron chi connectivity index (χ0n) is 14.8. The highest BCUT2D eigenvalue weighted by molar-refractivity contribution is 7.16. The fourth-order valence-corrected chi connectivity index (χ4v) is 5.33. The minimum absolute atomic E-state index is 0.209. The van der Waals surface area contributed by atoms with Gasteiger partial charge in [0.1, 0.15) is 0 Å². The van der Waals surface area contributed by atoms with E-state index >= 15 is 0 Å². The van der Waals surface area contributed by atoms with E-state index in [0.29, 0.717) is 18.0 Å². The molecule has 1 amide bonds. The molecule has 2 aliphatic heterocycles. The molecule has 1 aliphatic carbocycles. The highest BCUT2D eigenvalue weighted by Gasteiger charge is 2.33. The third kappa shape index (κ3) is 4.76. The van der Waals surface area contributed by atoms with Crippen molar-refractivity contribution in [1.29, 1.82) is 0 Å². The number of likely N-dealkylation sites (tertiary alicyclic amines) is 2. The van der Waals surface area contributed by atoms with Crippen LogP contribution in [0, 0.1) is 5.92 Å². The van der Waals surface area contributed by atoms with E-state index < -0.39 is 0 Å². The third-order valence-corrected chi connectivity index (χ3v) is 7.05. The first-order valence-electron chi connectivity index (χ1n) is 9.68. The molecule has 0 spiro atoms. The van der Waals surface area contributed by atoms with Crippen molar-refractivity contribution in [3.63, 3.8) is 0 Å². The van der Waals surface area contributed by atoms with Crippen LogP contribution in [0.5, 0.6) is 0 Å². The summed E-state index contributed by atoms with van der Waals surface area (Å²) in [6, 6.07) is 5.28. The van der Waals surface area contributed by atoms with Gasteiger partial charge in [0, 0.05) is 43.1 Å². The molecule has 0 bridgehead atoms. The highest BCUT2D eigenvalue weighted by atomic mass is 35.5. The summed E-state index contributed by atoms with van der Waals surface area (Å²) >= 11 is 7.73. The van der Waals surface area contributed by atoms with Gasteiger partial charge >= 0.3 is 0 Å². The van der Waals surface area contributed by atoms with Crippen molar-refractivity contribution in [2.75, 3.05) is 26.2 Å². The van der Waals surface area contributed by atoms with E-state index in [4.69, 9.17) is 11.6 Å². The van der Waals surface area contributed by atoms with Crippen molar-refractivity contribution in [2.45, 2.75) is 57.2 Å². The molecule has 4 nitrogen and oxygen atoms in total. The molecule has 3 heterocycles. The van der Waals surface area contributed by atoms with Gasteiger partial charge in [0.05, 0.1) is 10.3 Å². The summed E-state index contributed by atoms with van der Waals surface area (Å²) in [5, 5.41) is 3.20. The van der Waals surface area contributed by atoms with Crippen LogP contribution in [0.2, 0.25) is 4.34 Å². The molecule has 1 N–H and O–H groups in total. The lowest BCUT2D eigenvalue weighted by Crippen LogP contribution is -2.50. The molecule has 0 aromatic carbocycles. The second kappa shape index (κ2) is 7.95. The van der Waals surface area contributed by atoms with Crippen molar-refractivity contribution in [3.05, 3.63) is 21.3 Å². The maximum absolute atomic E-state index is 12.4. The first-order chi connectivity index (χ1) is 12.2. The Kier molecular flexibility index (Phi) is 5.65. The van der Waals surface area contributed by atoms with E-state index in [1.54, 1.807) is 11.3 Å². The number of thiophene rings is 1. The van der Waals surface area contributed by atoms with Crippen LogP contribution in [0.25, 0.3) is 0 Å². The van der Waals surface area contributed by atoms with Crippen molar-refractivity contribution in [1.82, 2.24) is 15.1 Å². The minimum atomic E-state index is 0.209. The van der Waals surface area contributed by atoms with Crippen LogP contribution in [0.4, 0.5) is 0 Å². The lowest BCUT2D eigenvalue weighted by molar-refractivity contribution is -0.127. The average molecular weight is 382 g/mol. The summed E-state index contributed by atoms with van der Waals surface area (Å²) < 4.78 is 0.883. The van der Waals surface area contributed by atoms with Crippen molar-refractivity contribution < 1.29 is 4.79 Å². The fraction of sp³-hybridized carbons (Fsp3) is 0.737. The van der Waals surface area contributed by atoms with Crippen molar-refractivity contribution in [2.24, 2.45) is 5.92 Å². The molecule has 138 valence electrons. The largest absolute Gasteiger partial charge is 0.353 e. The van der Waals surface area contributed by atoms with Gasteiger partial charge in [-0.1, -0.05) is 11.6 Å². The number of rotatable bonds is 5. The number of carbonyl (C=O) groups is 1. The molecule has 6 heteroatoms. The molecular formula is C19H28ClN3OS. The van der Waals surface area contributed by atoms with Gasteiger partial charge in [-0.2, -0.15) is 0 Å². The Morgan fingerprint density at radius 3 is 2.64 bits per heavy atom. The predicted octanol–water partition coefficient (Wildman–Crippen LogP) is 3.36. The molecule has 1 unspecified atom stereocenters. The molecule has 1 aromatic rings. The van der Waals surface area contributed by atoms with Crippen molar-refractivity contribution in [3.8, 4) is 0 Å². The molecule has 1 aromatic heterocycles. The Balaban J connectivity index is 1.24. The lowest BCUT2D eigenvalue weighted by atomic mass is 9.93. The highest BCUT2D eigenvalue weighted by Crippen LogP contribution is 2.27. The van der Waals surface area contributed by atoms with E-state index in [1.165, 1.54) is 37.1 Å². The van der Waals surface area contributed by atoms with Gasteiger partial charge < -0.3 is 5.32 Å². The number of carbonyl (C=O) groups excluding carboxylic acids is 1. The fourth-order valence-electron chi connectivity index (χ4n) is 4.20. The first-order valence-corrected chi connectivity index (χ1v) is 10.9. The van der Waals surface area contributed by atoms with Crippen LogP contribution < -0.4 is 5.32 Å². The molecule has 1 saturated carbocycles. The van der Waals surface area contributed by atoms with E-state index in [1.807, 2.05) is 6.07 Å². The summed E-state index contributed by atoms with van der Waals surface area (Å²) in [5.74, 6) is 0.514. The van der Waals surface area contributed by atoms with Crippen LogP contribution >= 0.6 is 22.9 Å². The van der Waals surface area contributed by atoms with Gasteiger partial charge in [0.25, 0.3) is 0 Å². The van der Waals surface area contributed by atoms with Gasteiger partial charge in [-0.25, -0.2) is 0 Å². The van der Waals surface area contributed by atoms with Gasteiger partial charge in [0.2, 0.25) is 5.91 Å². The maximum atomic E-state index is 12.4. The van der Waals surface area contributed by atoms with Crippen LogP contribution in [-0.4, -0.2) is 54.0 Å². The molecule has 3 aliphatic rings. The summed E-state index contributed by atoms with van der Waals surface area (Å²) in [5.41, 5.74) is 0. The van der Waals surface area contributed by atoms with E-state index in [-0.39, 0.29) is 5.92 Å². The van der Waals surface area contributed by atoms with Crippen molar-refractivity contribution >= 4 is 28.8 Å². The monoisotopic (exact) mass is 381 g/mol. The summed E-state index contributed by atoms with van der Waals surface area (Å²) in [6.07, 6.45) is 7.02. The van der Waals surface area contributed by atoms with Crippen LogP contribution in [0.3, 0.4) is 0 Å². The van der Waals surface area contributed by atoms with Gasteiger partial charge in [-0.3, -0.25) is 14.6 Å².